The molecule has 3 heteroatoms. The summed E-state index contributed by atoms with van der Waals surface area (Å²) in [6, 6.07) is 0.313. The summed E-state index contributed by atoms with van der Waals surface area (Å²) < 4.78 is 0. The lowest BCUT2D eigenvalue weighted by Crippen LogP contribution is -2.27. The minimum absolute atomic E-state index is 0.247. The summed E-state index contributed by atoms with van der Waals surface area (Å²) >= 11 is 3.08. The van der Waals surface area contributed by atoms with Crippen molar-refractivity contribution in [1.29, 1.82) is 0 Å². The Morgan fingerprint density at radius 3 is 2.91 bits per heavy atom. The highest BCUT2D eigenvalue weighted by atomic mass is 79.9. The first kappa shape index (κ1) is 9.05. The van der Waals surface area contributed by atoms with Gasteiger partial charge < -0.3 is 5.11 Å². The molecule has 0 spiro atoms. The van der Waals surface area contributed by atoms with Gasteiger partial charge in [0.1, 0.15) is 0 Å². The maximum absolute atomic E-state index is 8.92. The summed E-state index contributed by atoms with van der Waals surface area (Å²) in [7, 11) is 2.02. The normalized spacial score (nSPS) is 31.5. The summed E-state index contributed by atoms with van der Waals surface area (Å²) in [6.45, 7) is 1.22. The highest BCUT2D eigenvalue weighted by Crippen LogP contribution is 2.20. The number of aliphatic hydroxyl groups is 1. The Morgan fingerprint density at radius 1 is 1.73 bits per heavy atom. The minimum atomic E-state index is 0.247. The summed E-state index contributed by atoms with van der Waals surface area (Å²) in [5, 5.41) is 8.92. The number of nitrogens with zero attached hydrogens (tertiary/aromatic N) is 1. The van der Waals surface area contributed by atoms with E-state index < -0.39 is 0 Å². The van der Waals surface area contributed by atoms with Crippen LogP contribution in [0.25, 0.3) is 0 Å². The molecule has 1 N–H and O–H groups in total. The number of likely N-dealkylation sites (tertiary alicyclic amines) is 1. The molecule has 0 radical (unpaired) electrons. The molecule has 0 bridgehead atoms. The van der Waals surface area contributed by atoms with Crippen LogP contribution < -0.4 is 0 Å². The fourth-order valence-electron chi connectivity index (χ4n) is 1.48. The third-order valence-electron chi connectivity index (χ3n) is 2.16. The predicted molar refractivity (Wildman–Crippen MR) is 48.3 cm³/mol. The molecule has 0 aromatic rings. The van der Waals surface area contributed by atoms with Crippen LogP contribution in [0.5, 0.6) is 0 Å². The van der Waals surface area contributed by atoms with Gasteiger partial charge in [0.25, 0.3) is 0 Å². The van der Waals surface area contributed by atoms with E-state index >= 15 is 0 Å². The Bertz CT molecular complexity index is 184. The molecule has 0 aromatic heterocycles. The van der Waals surface area contributed by atoms with Crippen molar-refractivity contribution in [3.63, 3.8) is 0 Å². The van der Waals surface area contributed by atoms with Crippen molar-refractivity contribution in [3.05, 3.63) is 0 Å². The van der Waals surface area contributed by atoms with Crippen LogP contribution >= 0.6 is 15.9 Å². The van der Waals surface area contributed by atoms with E-state index in [1.807, 2.05) is 7.05 Å². The van der Waals surface area contributed by atoms with Gasteiger partial charge in [-0.05, 0) is 18.3 Å². The number of halogens is 1. The van der Waals surface area contributed by atoms with Gasteiger partial charge in [-0.2, -0.15) is 0 Å². The fraction of sp³-hybridized carbons (Fsp3) is 0.750. The van der Waals surface area contributed by atoms with E-state index in [4.69, 9.17) is 5.11 Å². The van der Waals surface area contributed by atoms with Gasteiger partial charge in [0.15, 0.2) is 0 Å². The van der Waals surface area contributed by atoms with Crippen LogP contribution in [0.15, 0.2) is 0 Å². The van der Waals surface area contributed by atoms with Crippen molar-refractivity contribution in [1.82, 2.24) is 4.90 Å². The highest BCUT2D eigenvalue weighted by molar-refractivity contribution is 9.12. The van der Waals surface area contributed by atoms with E-state index in [1.54, 1.807) is 0 Å². The predicted octanol–water partition coefficient (Wildman–Crippen LogP) is 0.655. The zero-order chi connectivity index (χ0) is 8.27. The molecule has 1 unspecified atom stereocenters. The Kier molecular flexibility index (Phi) is 3.38. The van der Waals surface area contributed by atoms with Gasteiger partial charge >= 0.3 is 0 Å². The van der Waals surface area contributed by atoms with Gasteiger partial charge in [0.05, 0.1) is 6.61 Å². The molecular formula is C8H12BrNO. The van der Waals surface area contributed by atoms with E-state index in [0.717, 1.165) is 13.0 Å². The van der Waals surface area contributed by atoms with E-state index in [-0.39, 0.29) is 6.61 Å². The molecular weight excluding hydrogens is 206 g/mol. The molecule has 1 heterocycles. The second-order valence-corrected chi connectivity index (χ2v) is 3.34. The zero-order valence-electron chi connectivity index (χ0n) is 6.55. The number of hydrogen-bond donors (Lipinski definition) is 1. The lowest BCUT2D eigenvalue weighted by atomic mass is 10.1. The first-order valence-electron chi connectivity index (χ1n) is 3.70. The fourth-order valence-corrected chi connectivity index (χ4v) is 1.80. The standard InChI is InChI=1S/C8H12BrNO/c1-10-5-7(2-3-9)4-8(10)6-11/h7-8,11H,4-6H2,1H3/t7?,8-/m1/s1. The van der Waals surface area contributed by atoms with Crippen LogP contribution in [0.3, 0.4) is 0 Å². The molecule has 0 saturated carbocycles. The molecule has 1 aliphatic rings. The molecule has 1 aliphatic heterocycles. The lowest BCUT2D eigenvalue weighted by molar-refractivity contribution is 0.182. The van der Waals surface area contributed by atoms with Crippen LogP contribution in [-0.2, 0) is 0 Å². The smallest absolute Gasteiger partial charge is 0.0587 e. The molecule has 2 nitrogen and oxygen atoms in total. The second kappa shape index (κ2) is 4.10. The number of hydrogen-bond acceptors (Lipinski definition) is 2. The lowest BCUT2D eigenvalue weighted by Gasteiger charge is -2.14. The van der Waals surface area contributed by atoms with Gasteiger partial charge in [-0.1, -0.05) is 5.92 Å². The van der Waals surface area contributed by atoms with Crippen LogP contribution in [0.2, 0.25) is 0 Å². The Hall–Kier alpha value is -0.0400. The van der Waals surface area contributed by atoms with Crippen molar-refractivity contribution >= 4 is 15.9 Å². The first-order chi connectivity index (χ1) is 5.27. The average molecular weight is 218 g/mol. The molecule has 11 heavy (non-hydrogen) atoms. The summed E-state index contributed by atoms with van der Waals surface area (Å²) in [6.07, 6.45) is 0.992. The van der Waals surface area contributed by atoms with Gasteiger partial charge in [-0.15, -0.1) is 0 Å². The SMILES string of the molecule is CN1CC(C#CBr)C[C@@H]1CO. The zero-order valence-corrected chi connectivity index (χ0v) is 8.13. The Balaban J connectivity index is 2.47. The third kappa shape index (κ3) is 2.19. The van der Waals surface area contributed by atoms with Crippen molar-refractivity contribution < 1.29 is 5.11 Å². The molecule has 0 amide bonds. The van der Waals surface area contributed by atoms with Crippen LogP contribution in [-0.4, -0.2) is 36.2 Å². The van der Waals surface area contributed by atoms with E-state index in [0.29, 0.717) is 12.0 Å². The summed E-state index contributed by atoms with van der Waals surface area (Å²) in [5.74, 6) is 3.48. The summed E-state index contributed by atoms with van der Waals surface area (Å²) in [4.78, 5) is 4.88. The largest absolute Gasteiger partial charge is 0.395 e. The van der Waals surface area contributed by atoms with Crippen molar-refractivity contribution in [2.75, 3.05) is 20.2 Å². The quantitative estimate of drug-likeness (QED) is 0.653. The van der Waals surface area contributed by atoms with Gasteiger partial charge in [0, 0.05) is 34.4 Å². The Morgan fingerprint density at radius 2 is 2.45 bits per heavy atom. The van der Waals surface area contributed by atoms with Gasteiger partial charge in [0.2, 0.25) is 0 Å². The summed E-state index contributed by atoms with van der Waals surface area (Å²) in [5.41, 5.74) is 0. The Labute approximate surface area is 75.7 Å². The van der Waals surface area contributed by atoms with Gasteiger partial charge in [-0.3, -0.25) is 4.90 Å². The maximum Gasteiger partial charge on any atom is 0.0587 e. The minimum Gasteiger partial charge on any atom is -0.395 e. The van der Waals surface area contributed by atoms with Crippen LogP contribution in [0.4, 0.5) is 0 Å². The number of likely N-dealkylation sites (N-methyl/N-ethyl adjacent to an activating group) is 1. The van der Waals surface area contributed by atoms with E-state index in [2.05, 4.69) is 31.6 Å². The number of aliphatic hydroxyl groups excluding tert-OH is 1. The monoisotopic (exact) mass is 217 g/mol. The average Bonchev–Trinajstić information content (AvgIpc) is 2.32. The molecule has 1 saturated heterocycles. The maximum atomic E-state index is 8.92. The topological polar surface area (TPSA) is 23.5 Å². The van der Waals surface area contributed by atoms with Crippen LogP contribution in [0, 0.1) is 16.7 Å². The van der Waals surface area contributed by atoms with E-state index in [9.17, 15) is 0 Å². The molecule has 1 rings (SSSR count). The number of rotatable bonds is 1. The van der Waals surface area contributed by atoms with Gasteiger partial charge in [-0.25, -0.2) is 0 Å². The van der Waals surface area contributed by atoms with Crippen molar-refractivity contribution in [3.8, 4) is 10.8 Å². The molecule has 2 atom stereocenters. The first-order valence-corrected chi connectivity index (χ1v) is 4.49. The molecule has 1 fully saturated rings. The van der Waals surface area contributed by atoms with Crippen molar-refractivity contribution in [2.24, 2.45) is 5.92 Å². The third-order valence-corrected chi connectivity index (χ3v) is 2.39. The molecule has 62 valence electrons. The van der Waals surface area contributed by atoms with Crippen molar-refractivity contribution in [2.45, 2.75) is 12.5 Å². The van der Waals surface area contributed by atoms with Crippen LogP contribution in [0.1, 0.15) is 6.42 Å². The van der Waals surface area contributed by atoms with E-state index in [1.165, 1.54) is 0 Å². The molecule has 0 aliphatic carbocycles. The second-order valence-electron chi connectivity index (χ2n) is 2.95. The molecule has 0 aromatic carbocycles. The highest BCUT2D eigenvalue weighted by Gasteiger charge is 2.27.